The van der Waals surface area contributed by atoms with Crippen LogP contribution >= 0.6 is 0 Å². The lowest BCUT2D eigenvalue weighted by molar-refractivity contribution is -0.138. The van der Waals surface area contributed by atoms with Gasteiger partial charge in [-0.3, -0.25) is 33.6 Å². The van der Waals surface area contributed by atoms with Gasteiger partial charge in [-0.1, -0.05) is 121 Å². The van der Waals surface area contributed by atoms with Crippen LogP contribution in [0.15, 0.2) is 121 Å². The van der Waals surface area contributed by atoms with Crippen LogP contribution in [0.4, 0.5) is 4.79 Å². The second-order valence-corrected chi connectivity index (χ2v) is 16.8. The summed E-state index contributed by atoms with van der Waals surface area (Å²) in [4.78, 5) is 106. The van der Waals surface area contributed by atoms with Gasteiger partial charge in [0, 0.05) is 25.7 Å². The summed E-state index contributed by atoms with van der Waals surface area (Å²) in [6.07, 6.45) is -2.50. The maximum Gasteiger partial charge on any atom is 0.408 e. The fraction of sp³-hybridized carbons (Fsp3) is 0.347. The van der Waals surface area contributed by atoms with Crippen LogP contribution in [0.1, 0.15) is 49.9 Å². The smallest absolute Gasteiger partial charge is 0.408 e. The van der Waals surface area contributed by atoms with Gasteiger partial charge in [0.1, 0.15) is 42.4 Å². The van der Waals surface area contributed by atoms with Crippen LogP contribution in [0.3, 0.4) is 0 Å². The largest absolute Gasteiger partial charge is 0.480 e. The van der Waals surface area contributed by atoms with E-state index in [0.717, 1.165) is 0 Å². The van der Waals surface area contributed by atoms with Gasteiger partial charge in [-0.2, -0.15) is 0 Å². The highest BCUT2D eigenvalue weighted by Crippen LogP contribution is 2.11. The van der Waals surface area contributed by atoms with E-state index in [1.165, 1.54) is 6.92 Å². The third kappa shape index (κ3) is 18.8. The molecule has 4 aromatic rings. The molecule has 356 valence electrons. The predicted molar refractivity (Wildman–Crippen MR) is 247 cm³/mol. The summed E-state index contributed by atoms with van der Waals surface area (Å²) in [5, 5.41) is 37.4. The molecule has 4 rings (SSSR count). The SMILES string of the molecule is C[C@@H](O)[C@H](NC(=O)OC(C)(C)C)C(=O)N[C@@H](Cc1ccccc1)C(=O)N[C@@H](Cc1ccccc1)C(=O)NCC(=O)N[C@@H](Cc1ccccc1)C(=O)N[C@@H](Cc1ccccc1)C(=O)NCC(=O)O. The van der Waals surface area contributed by atoms with Crippen molar-refractivity contribution in [3.8, 4) is 0 Å². The summed E-state index contributed by atoms with van der Waals surface area (Å²) in [6, 6.07) is 28.2. The van der Waals surface area contributed by atoms with Crippen molar-refractivity contribution in [2.75, 3.05) is 13.1 Å². The zero-order valence-corrected chi connectivity index (χ0v) is 37.8. The number of benzene rings is 4. The number of aliphatic hydroxyl groups is 1. The maximum absolute atomic E-state index is 14.2. The highest BCUT2D eigenvalue weighted by atomic mass is 16.6. The van der Waals surface area contributed by atoms with Crippen molar-refractivity contribution >= 4 is 47.5 Å². The lowest BCUT2D eigenvalue weighted by atomic mass is 10.0. The number of carboxylic acid groups (broad SMARTS) is 1. The molecule has 0 aliphatic carbocycles. The minimum atomic E-state index is -1.53. The molecule has 6 atom stereocenters. The molecule has 0 saturated heterocycles. The van der Waals surface area contributed by atoms with Crippen molar-refractivity contribution < 1.29 is 53.3 Å². The Labute approximate surface area is 389 Å². The Bertz CT molecular complexity index is 2280. The van der Waals surface area contributed by atoms with E-state index in [1.807, 2.05) is 0 Å². The molecule has 0 saturated carbocycles. The van der Waals surface area contributed by atoms with E-state index in [0.29, 0.717) is 22.3 Å². The van der Waals surface area contributed by atoms with Crippen LogP contribution in [-0.2, 0) is 64.0 Å². The van der Waals surface area contributed by atoms with Gasteiger partial charge in [-0.25, -0.2) is 4.79 Å². The first-order valence-corrected chi connectivity index (χ1v) is 21.7. The van der Waals surface area contributed by atoms with E-state index < -0.39 is 103 Å². The quantitative estimate of drug-likeness (QED) is 0.0515. The van der Waals surface area contributed by atoms with Crippen molar-refractivity contribution in [3.05, 3.63) is 144 Å². The molecule has 0 heterocycles. The van der Waals surface area contributed by atoms with E-state index in [-0.39, 0.29) is 25.7 Å². The molecule has 7 amide bonds. The monoisotopic (exact) mass is 921 g/mol. The topological polar surface area (TPSA) is 270 Å². The third-order valence-corrected chi connectivity index (χ3v) is 9.96. The standard InChI is InChI=1S/C49H59N7O11/c1-31(57)42(56-48(66)67-49(2,3)4)47(65)55-39(28-35-23-15-8-16-24-35)46(64)54-36(25-32-17-9-5-10-18-32)43(61)50-29-40(58)52-38(27-34-21-13-7-14-22-34)45(63)53-37(44(62)51-30-41(59)60)26-33-19-11-6-12-20-33/h5-24,31,36-39,42,57H,25-30H2,1-4H3,(H,50,61)(H,51,62)(H,52,58)(H,53,63)(H,54,64)(H,55,65)(H,56,66)(H,59,60)/t31-,36+,37+,38+,39+,42+/m1/s1. The Morgan fingerprint density at radius 3 is 1.15 bits per heavy atom. The molecule has 0 spiro atoms. The van der Waals surface area contributed by atoms with E-state index >= 15 is 0 Å². The van der Waals surface area contributed by atoms with E-state index in [1.54, 1.807) is 142 Å². The molecule has 4 aromatic carbocycles. The van der Waals surface area contributed by atoms with Gasteiger partial charge in [0.15, 0.2) is 0 Å². The summed E-state index contributed by atoms with van der Waals surface area (Å²) >= 11 is 0. The van der Waals surface area contributed by atoms with Gasteiger partial charge >= 0.3 is 12.1 Å². The van der Waals surface area contributed by atoms with Gasteiger partial charge in [0.05, 0.1) is 12.6 Å². The molecular weight excluding hydrogens is 863 g/mol. The highest BCUT2D eigenvalue weighted by molar-refractivity contribution is 5.96. The van der Waals surface area contributed by atoms with Crippen LogP contribution in [-0.4, -0.2) is 113 Å². The molecule has 0 unspecified atom stereocenters. The Morgan fingerprint density at radius 2 is 0.806 bits per heavy atom. The summed E-state index contributed by atoms with van der Waals surface area (Å²) in [5.74, 6) is -6.07. The maximum atomic E-state index is 14.2. The zero-order valence-electron chi connectivity index (χ0n) is 37.8. The number of carbonyl (C=O) groups is 8. The average Bonchev–Trinajstić information content (AvgIpc) is 3.28. The minimum Gasteiger partial charge on any atom is -0.480 e. The summed E-state index contributed by atoms with van der Waals surface area (Å²) in [7, 11) is 0. The predicted octanol–water partition coefficient (Wildman–Crippen LogP) is 1.49. The zero-order chi connectivity index (χ0) is 48.9. The molecule has 67 heavy (non-hydrogen) atoms. The molecule has 0 bridgehead atoms. The summed E-state index contributed by atoms with van der Waals surface area (Å²) < 4.78 is 5.27. The van der Waals surface area contributed by atoms with E-state index in [2.05, 4.69) is 37.2 Å². The fourth-order valence-electron chi connectivity index (χ4n) is 6.70. The second-order valence-electron chi connectivity index (χ2n) is 16.8. The molecule has 9 N–H and O–H groups in total. The molecule has 0 radical (unpaired) electrons. The number of nitrogens with one attached hydrogen (secondary N) is 7. The first-order valence-electron chi connectivity index (χ1n) is 21.7. The number of hydrogen-bond acceptors (Lipinski definition) is 10. The lowest BCUT2D eigenvalue weighted by Crippen LogP contribution is -2.60. The van der Waals surface area contributed by atoms with Gasteiger partial charge < -0.3 is 52.2 Å². The molecule has 0 aliphatic heterocycles. The first kappa shape index (κ1) is 52.0. The number of amides is 7. The number of ether oxygens (including phenoxy) is 1. The first-order chi connectivity index (χ1) is 31.9. The van der Waals surface area contributed by atoms with Crippen molar-refractivity contribution in [1.29, 1.82) is 0 Å². The third-order valence-electron chi connectivity index (χ3n) is 9.96. The van der Waals surface area contributed by atoms with Gasteiger partial charge in [0.2, 0.25) is 35.4 Å². The molecule has 0 aromatic heterocycles. The second kappa shape index (κ2) is 25.8. The van der Waals surface area contributed by atoms with Crippen molar-refractivity contribution in [1.82, 2.24) is 37.2 Å². The van der Waals surface area contributed by atoms with Crippen LogP contribution in [0, 0.1) is 0 Å². The number of carbonyl (C=O) groups excluding carboxylic acids is 7. The normalized spacial score (nSPS) is 13.7. The molecular formula is C49H59N7O11. The highest BCUT2D eigenvalue weighted by Gasteiger charge is 2.34. The molecule has 18 nitrogen and oxygen atoms in total. The Morgan fingerprint density at radius 1 is 0.478 bits per heavy atom. The Balaban J connectivity index is 1.53. The van der Waals surface area contributed by atoms with E-state index in [4.69, 9.17) is 9.84 Å². The molecule has 0 fully saturated rings. The van der Waals surface area contributed by atoms with Crippen molar-refractivity contribution in [2.24, 2.45) is 0 Å². The number of alkyl carbamates (subject to hydrolysis) is 1. The van der Waals surface area contributed by atoms with Gasteiger partial charge in [-0.05, 0) is 49.9 Å². The Hall–Kier alpha value is -7.60. The minimum absolute atomic E-state index is 0.00854. The number of hydrogen-bond donors (Lipinski definition) is 9. The Kier molecular flexibility index (Phi) is 20.0. The summed E-state index contributed by atoms with van der Waals surface area (Å²) in [6.45, 7) is 4.83. The molecule has 0 aliphatic rings. The van der Waals surface area contributed by atoms with Crippen LogP contribution in [0.2, 0.25) is 0 Å². The fourth-order valence-corrected chi connectivity index (χ4v) is 6.70. The van der Waals surface area contributed by atoms with Crippen LogP contribution in [0.5, 0.6) is 0 Å². The number of rotatable bonds is 23. The number of aliphatic carboxylic acids is 1. The van der Waals surface area contributed by atoms with Crippen molar-refractivity contribution in [2.45, 2.75) is 95.3 Å². The van der Waals surface area contributed by atoms with Crippen LogP contribution in [0.25, 0.3) is 0 Å². The number of carboxylic acids is 1. The van der Waals surface area contributed by atoms with Gasteiger partial charge in [-0.15, -0.1) is 0 Å². The van der Waals surface area contributed by atoms with Crippen molar-refractivity contribution in [3.63, 3.8) is 0 Å². The van der Waals surface area contributed by atoms with E-state index in [9.17, 15) is 43.5 Å². The van der Waals surface area contributed by atoms with Crippen LogP contribution < -0.4 is 37.2 Å². The van der Waals surface area contributed by atoms with Gasteiger partial charge in [0.25, 0.3) is 0 Å². The summed E-state index contributed by atoms with van der Waals surface area (Å²) in [5.41, 5.74) is 1.70. The lowest BCUT2D eigenvalue weighted by Gasteiger charge is -2.27. The number of aliphatic hydroxyl groups excluding tert-OH is 1. The molecule has 18 heteroatoms. The average molecular weight is 922 g/mol.